The van der Waals surface area contributed by atoms with E-state index in [2.05, 4.69) is 9.71 Å². The number of hydrogen-bond acceptors (Lipinski definition) is 5. The fourth-order valence-electron chi connectivity index (χ4n) is 2.32. The SMILES string of the molecule is CC(C)C(N)CCN(C)C(=O)CN=C1NS(=O)(=O)c2ccccc21.Cl. The summed E-state index contributed by atoms with van der Waals surface area (Å²) in [5.74, 6) is 0.395. The number of halogens is 1. The molecule has 1 aliphatic heterocycles. The van der Waals surface area contributed by atoms with Gasteiger partial charge in [-0.2, -0.15) is 0 Å². The van der Waals surface area contributed by atoms with Crippen LogP contribution in [0.5, 0.6) is 0 Å². The highest BCUT2D eigenvalue weighted by atomic mass is 35.5. The van der Waals surface area contributed by atoms with Crippen LogP contribution in [0.25, 0.3) is 0 Å². The van der Waals surface area contributed by atoms with Crippen molar-refractivity contribution >= 4 is 34.2 Å². The molecular formula is C16H25ClN4O3S. The number of fused-ring (bicyclic) bond motifs is 1. The third kappa shape index (κ3) is 5.17. The van der Waals surface area contributed by atoms with E-state index in [-0.39, 0.29) is 41.6 Å². The summed E-state index contributed by atoms with van der Waals surface area (Å²) < 4.78 is 26.4. The van der Waals surface area contributed by atoms with Crippen LogP contribution in [0.15, 0.2) is 34.2 Å². The fourth-order valence-corrected chi connectivity index (χ4v) is 3.57. The number of nitrogens with two attached hydrogens (primary N) is 1. The highest BCUT2D eigenvalue weighted by molar-refractivity contribution is 7.90. The van der Waals surface area contributed by atoms with Crippen molar-refractivity contribution in [3.05, 3.63) is 29.8 Å². The lowest BCUT2D eigenvalue weighted by Gasteiger charge is -2.21. The number of likely N-dealkylation sites (N-methyl/N-ethyl adjacent to an activating group) is 1. The van der Waals surface area contributed by atoms with Crippen LogP contribution in [0.4, 0.5) is 0 Å². The second-order valence-corrected chi connectivity index (χ2v) is 7.93. The number of amidine groups is 1. The van der Waals surface area contributed by atoms with Gasteiger partial charge in [-0.15, -0.1) is 12.4 Å². The Balaban J connectivity index is 0.00000312. The number of benzene rings is 1. The molecule has 0 bridgehead atoms. The molecule has 1 aromatic rings. The summed E-state index contributed by atoms with van der Waals surface area (Å²) in [7, 11) is -1.88. The minimum Gasteiger partial charge on any atom is -0.344 e. The summed E-state index contributed by atoms with van der Waals surface area (Å²) in [5, 5.41) is 0. The van der Waals surface area contributed by atoms with Gasteiger partial charge >= 0.3 is 0 Å². The lowest BCUT2D eigenvalue weighted by Crippen LogP contribution is -2.36. The minimum absolute atomic E-state index is 0. The molecule has 0 spiro atoms. The van der Waals surface area contributed by atoms with Gasteiger partial charge in [-0.05, 0) is 24.5 Å². The Labute approximate surface area is 155 Å². The topological polar surface area (TPSA) is 105 Å². The van der Waals surface area contributed by atoms with Gasteiger partial charge in [-0.3, -0.25) is 14.5 Å². The van der Waals surface area contributed by atoms with E-state index in [0.717, 1.165) is 0 Å². The summed E-state index contributed by atoms with van der Waals surface area (Å²) in [5.41, 5.74) is 6.47. The van der Waals surface area contributed by atoms with Gasteiger partial charge in [0.05, 0.1) is 4.90 Å². The Hall–Kier alpha value is -1.64. The summed E-state index contributed by atoms with van der Waals surface area (Å²) in [6.07, 6.45) is 0.714. The van der Waals surface area contributed by atoms with E-state index in [1.165, 1.54) is 6.07 Å². The van der Waals surface area contributed by atoms with Gasteiger partial charge in [0.25, 0.3) is 10.0 Å². The van der Waals surface area contributed by atoms with Crippen LogP contribution in [-0.2, 0) is 14.8 Å². The van der Waals surface area contributed by atoms with Crippen molar-refractivity contribution in [1.82, 2.24) is 9.62 Å². The van der Waals surface area contributed by atoms with Gasteiger partial charge in [0, 0.05) is 25.2 Å². The van der Waals surface area contributed by atoms with Gasteiger partial charge in [-0.25, -0.2) is 8.42 Å². The van der Waals surface area contributed by atoms with E-state index in [9.17, 15) is 13.2 Å². The maximum atomic E-state index is 12.2. The van der Waals surface area contributed by atoms with Crippen LogP contribution in [-0.4, -0.2) is 51.2 Å². The van der Waals surface area contributed by atoms with Crippen LogP contribution in [0.1, 0.15) is 25.8 Å². The summed E-state index contributed by atoms with van der Waals surface area (Å²) in [6, 6.07) is 6.61. The van der Waals surface area contributed by atoms with E-state index < -0.39 is 10.0 Å². The second-order valence-electron chi connectivity index (χ2n) is 6.28. The van der Waals surface area contributed by atoms with Crippen LogP contribution in [0, 0.1) is 5.92 Å². The van der Waals surface area contributed by atoms with Crippen molar-refractivity contribution in [2.75, 3.05) is 20.1 Å². The summed E-state index contributed by atoms with van der Waals surface area (Å²) >= 11 is 0. The standard InChI is InChI=1S/C16H24N4O3S.ClH/c1-11(2)13(17)8-9-20(3)15(21)10-18-16-12-6-4-5-7-14(12)24(22,23)19-16;/h4-7,11,13H,8-10,17H2,1-3H3,(H,18,19);1H. The van der Waals surface area contributed by atoms with Crippen molar-refractivity contribution in [2.45, 2.75) is 31.2 Å². The summed E-state index contributed by atoms with van der Waals surface area (Å²) in [6.45, 7) is 4.52. The number of rotatable bonds is 6. The molecule has 0 saturated heterocycles. The largest absolute Gasteiger partial charge is 0.344 e. The molecule has 0 aromatic heterocycles. The number of nitrogens with zero attached hydrogens (tertiary/aromatic N) is 2. The molecule has 1 aliphatic rings. The molecular weight excluding hydrogens is 364 g/mol. The molecule has 0 aliphatic carbocycles. The van der Waals surface area contributed by atoms with Gasteiger partial charge < -0.3 is 10.6 Å². The van der Waals surface area contributed by atoms with E-state index in [1.807, 2.05) is 13.8 Å². The molecule has 1 amide bonds. The second kappa shape index (κ2) is 8.64. The molecule has 1 aromatic carbocycles. The monoisotopic (exact) mass is 388 g/mol. The van der Waals surface area contributed by atoms with Gasteiger partial charge in [0.2, 0.25) is 5.91 Å². The maximum Gasteiger partial charge on any atom is 0.263 e. The number of amides is 1. The minimum atomic E-state index is -3.58. The van der Waals surface area contributed by atoms with Crippen molar-refractivity contribution in [1.29, 1.82) is 0 Å². The van der Waals surface area contributed by atoms with E-state index in [0.29, 0.717) is 24.4 Å². The molecule has 1 unspecified atom stereocenters. The highest BCUT2D eigenvalue weighted by Crippen LogP contribution is 2.22. The molecule has 2 rings (SSSR count). The van der Waals surface area contributed by atoms with E-state index in [1.54, 1.807) is 30.1 Å². The highest BCUT2D eigenvalue weighted by Gasteiger charge is 2.30. The number of hydrogen-bond donors (Lipinski definition) is 2. The third-order valence-corrected chi connectivity index (χ3v) is 5.51. The first kappa shape index (κ1) is 21.4. The average molecular weight is 389 g/mol. The number of aliphatic imine (C=N–C) groups is 1. The van der Waals surface area contributed by atoms with Crippen LogP contribution >= 0.6 is 12.4 Å². The van der Waals surface area contributed by atoms with Gasteiger partial charge in [0.1, 0.15) is 12.4 Å². The summed E-state index contributed by atoms with van der Waals surface area (Å²) in [4.78, 5) is 18.1. The molecule has 0 fully saturated rings. The molecule has 9 heteroatoms. The molecule has 3 N–H and O–H groups in total. The first-order chi connectivity index (χ1) is 11.2. The van der Waals surface area contributed by atoms with Crippen LogP contribution < -0.4 is 10.5 Å². The maximum absolute atomic E-state index is 12.2. The van der Waals surface area contributed by atoms with Crippen LogP contribution in [0.2, 0.25) is 0 Å². The predicted molar refractivity (Wildman–Crippen MR) is 100 cm³/mol. The molecule has 140 valence electrons. The van der Waals surface area contributed by atoms with Gasteiger partial charge in [-0.1, -0.05) is 26.0 Å². The molecule has 25 heavy (non-hydrogen) atoms. The van der Waals surface area contributed by atoms with Crippen molar-refractivity contribution in [3.63, 3.8) is 0 Å². The van der Waals surface area contributed by atoms with E-state index >= 15 is 0 Å². The lowest BCUT2D eigenvalue weighted by molar-refractivity contribution is -0.128. The predicted octanol–water partition coefficient (Wildman–Crippen LogP) is 0.979. The zero-order chi connectivity index (χ0) is 17.9. The molecule has 1 atom stereocenters. The Morgan fingerprint density at radius 3 is 2.60 bits per heavy atom. The first-order valence-corrected chi connectivity index (χ1v) is 9.37. The normalized spacial score (nSPS) is 17.6. The first-order valence-electron chi connectivity index (χ1n) is 7.88. The smallest absolute Gasteiger partial charge is 0.263 e. The van der Waals surface area contributed by atoms with Gasteiger partial charge in [0.15, 0.2) is 0 Å². The lowest BCUT2D eigenvalue weighted by atomic mass is 10.0. The quantitative estimate of drug-likeness (QED) is 0.757. The van der Waals surface area contributed by atoms with Crippen molar-refractivity contribution in [3.8, 4) is 0 Å². The zero-order valence-electron chi connectivity index (χ0n) is 14.6. The number of carbonyl (C=O) groups excluding carboxylic acids is 1. The Bertz CT molecular complexity index is 750. The third-order valence-electron chi connectivity index (χ3n) is 4.12. The van der Waals surface area contributed by atoms with Crippen LogP contribution in [0.3, 0.4) is 0 Å². The molecule has 0 saturated carbocycles. The average Bonchev–Trinajstić information content (AvgIpc) is 2.81. The molecule has 7 nitrogen and oxygen atoms in total. The number of carbonyl (C=O) groups is 1. The Morgan fingerprint density at radius 2 is 1.96 bits per heavy atom. The molecule has 1 heterocycles. The number of nitrogens with one attached hydrogen (secondary N) is 1. The number of sulfonamides is 1. The fraction of sp³-hybridized carbons (Fsp3) is 0.500. The van der Waals surface area contributed by atoms with Crippen molar-refractivity contribution in [2.24, 2.45) is 16.6 Å². The van der Waals surface area contributed by atoms with E-state index in [4.69, 9.17) is 5.73 Å². The Kier molecular flexibility index (Phi) is 7.40. The molecule has 0 radical (unpaired) electrons. The Morgan fingerprint density at radius 1 is 1.32 bits per heavy atom. The van der Waals surface area contributed by atoms with Crippen molar-refractivity contribution < 1.29 is 13.2 Å². The zero-order valence-corrected chi connectivity index (χ0v) is 16.2.